The predicted molar refractivity (Wildman–Crippen MR) is 123 cm³/mol. The van der Waals surface area contributed by atoms with Gasteiger partial charge in [0.05, 0.1) is 0 Å². The van der Waals surface area contributed by atoms with E-state index >= 15 is 0 Å². The number of aryl methyl sites for hydroxylation is 1. The van der Waals surface area contributed by atoms with Crippen LogP contribution in [0.5, 0.6) is 0 Å². The number of hydrogen-bond acceptors (Lipinski definition) is 3. The van der Waals surface area contributed by atoms with Crippen LogP contribution < -0.4 is 0 Å². The van der Waals surface area contributed by atoms with Crippen molar-refractivity contribution in [2.75, 3.05) is 26.2 Å². The Kier molecular flexibility index (Phi) is 6.55. The molecule has 2 aromatic carbocycles. The zero-order valence-electron chi connectivity index (χ0n) is 18.7. The first-order valence-corrected chi connectivity index (χ1v) is 11.4. The Labute approximate surface area is 181 Å². The van der Waals surface area contributed by atoms with Gasteiger partial charge in [0, 0.05) is 43.8 Å². The van der Waals surface area contributed by atoms with E-state index in [2.05, 4.69) is 71.9 Å². The summed E-state index contributed by atoms with van der Waals surface area (Å²) in [4.78, 5) is 20.3. The Hall–Kier alpha value is -2.17. The standard InChI is InChI=1S/C26H35N3O/c1-20-6-8-23(9-7-20)19-28-16-21(2)29(22(3)17-28)26(30)25-12-10-24(11-13-25)18-27-14-4-5-15-27/h6-13,21-22H,4-5,14-19H2,1-3H3. The average Bonchev–Trinajstić information content (AvgIpc) is 3.23. The lowest BCUT2D eigenvalue weighted by molar-refractivity contribution is 0.0268. The first-order chi connectivity index (χ1) is 14.5. The third-order valence-corrected chi connectivity index (χ3v) is 6.56. The first kappa shape index (κ1) is 21.1. The van der Waals surface area contributed by atoms with Crippen LogP contribution in [0.25, 0.3) is 0 Å². The normalized spacial score (nSPS) is 23.1. The SMILES string of the molecule is Cc1ccc(CN2CC(C)N(C(=O)c3ccc(CN4CCCC4)cc3)C(C)C2)cc1. The Bertz CT molecular complexity index is 828. The van der Waals surface area contributed by atoms with E-state index in [0.717, 1.165) is 31.7 Å². The second-order valence-corrected chi connectivity index (χ2v) is 9.27. The monoisotopic (exact) mass is 405 g/mol. The van der Waals surface area contributed by atoms with E-state index in [9.17, 15) is 4.79 Å². The van der Waals surface area contributed by atoms with E-state index in [4.69, 9.17) is 0 Å². The van der Waals surface area contributed by atoms with Gasteiger partial charge in [0.1, 0.15) is 0 Å². The van der Waals surface area contributed by atoms with Crippen molar-refractivity contribution in [3.8, 4) is 0 Å². The molecule has 0 aliphatic carbocycles. The van der Waals surface area contributed by atoms with Crippen molar-refractivity contribution in [3.05, 3.63) is 70.8 Å². The number of hydrogen-bond donors (Lipinski definition) is 0. The summed E-state index contributed by atoms with van der Waals surface area (Å²) in [5, 5.41) is 0. The Morgan fingerprint density at radius 3 is 1.87 bits per heavy atom. The minimum Gasteiger partial charge on any atom is -0.331 e. The highest BCUT2D eigenvalue weighted by Gasteiger charge is 2.33. The smallest absolute Gasteiger partial charge is 0.254 e. The highest BCUT2D eigenvalue weighted by molar-refractivity contribution is 5.94. The van der Waals surface area contributed by atoms with Crippen LogP contribution in [0.1, 0.15) is 53.7 Å². The molecular weight excluding hydrogens is 370 g/mol. The van der Waals surface area contributed by atoms with Crippen LogP contribution in [0.4, 0.5) is 0 Å². The van der Waals surface area contributed by atoms with Gasteiger partial charge < -0.3 is 4.90 Å². The van der Waals surface area contributed by atoms with Crippen LogP contribution >= 0.6 is 0 Å². The average molecular weight is 406 g/mol. The van der Waals surface area contributed by atoms with Gasteiger partial charge >= 0.3 is 0 Å². The zero-order chi connectivity index (χ0) is 21.1. The number of carbonyl (C=O) groups excluding carboxylic acids is 1. The molecule has 2 aliphatic rings. The van der Waals surface area contributed by atoms with Crippen molar-refractivity contribution in [3.63, 3.8) is 0 Å². The lowest BCUT2D eigenvalue weighted by Gasteiger charge is -2.44. The number of piperazine rings is 1. The van der Waals surface area contributed by atoms with E-state index in [1.165, 1.54) is 42.6 Å². The van der Waals surface area contributed by atoms with Crippen molar-refractivity contribution in [2.45, 2.75) is 58.8 Å². The number of rotatable bonds is 5. The third kappa shape index (κ3) is 4.93. The molecule has 2 heterocycles. The number of amides is 1. The molecule has 2 atom stereocenters. The van der Waals surface area contributed by atoms with Crippen LogP contribution in [0.2, 0.25) is 0 Å². The van der Waals surface area contributed by atoms with Gasteiger partial charge in [0.25, 0.3) is 5.91 Å². The summed E-state index contributed by atoms with van der Waals surface area (Å²) in [5.74, 6) is 0.165. The van der Waals surface area contributed by atoms with E-state index in [0.29, 0.717) is 0 Å². The van der Waals surface area contributed by atoms with Crippen molar-refractivity contribution < 1.29 is 4.79 Å². The molecule has 4 nitrogen and oxygen atoms in total. The van der Waals surface area contributed by atoms with Crippen LogP contribution in [0.15, 0.2) is 48.5 Å². The summed E-state index contributed by atoms with van der Waals surface area (Å²) < 4.78 is 0. The molecule has 2 unspecified atom stereocenters. The molecule has 0 spiro atoms. The molecule has 0 aromatic heterocycles. The summed E-state index contributed by atoms with van der Waals surface area (Å²) in [7, 11) is 0. The van der Waals surface area contributed by atoms with Crippen molar-refractivity contribution in [1.29, 1.82) is 0 Å². The van der Waals surface area contributed by atoms with Gasteiger partial charge in [-0.25, -0.2) is 0 Å². The molecule has 4 heteroatoms. The fourth-order valence-corrected chi connectivity index (χ4v) is 5.01. The number of carbonyl (C=O) groups is 1. The van der Waals surface area contributed by atoms with E-state index in [1.54, 1.807) is 0 Å². The Morgan fingerprint density at radius 2 is 1.30 bits per heavy atom. The van der Waals surface area contributed by atoms with Gasteiger partial charge in [-0.05, 0) is 70.0 Å². The Balaban J connectivity index is 1.37. The van der Waals surface area contributed by atoms with Gasteiger partial charge in [-0.3, -0.25) is 14.6 Å². The summed E-state index contributed by atoms with van der Waals surface area (Å²) in [6.07, 6.45) is 2.62. The van der Waals surface area contributed by atoms with Crippen LogP contribution in [-0.2, 0) is 13.1 Å². The van der Waals surface area contributed by atoms with E-state index < -0.39 is 0 Å². The van der Waals surface area contributed by atoms with Gasteiger partial charge in [-0.1, -0.05) is 42.0 Å². The quantitative estimate of drug-likeness (QED) is 0.741. The lowest BCUT2D eigenvalue weighted by Crippen LogP contribution is -2.58. The minimum absolute atomic E-state index is 0.165. The predicted octanol–water partition coefficient (Wildman–Crippen LogP) is 4.33. The molecule has 0 bridgehead atoms. The molecule has 30 heavy (non-hydrogen) atoms. The van der Waals surface area contributed by atoms with Gasteiger partial charge in [-0.15, -0.1) is 0 Å². The van der Waals surface area contributed by atoms with E-state index in [1.807, 2.05) is 12.1 Å². The fraction of sp³-hybridized carbons (Fsp3) is 0.500. The summed E-state index contributed by atoms with van der Waals surface area (Å²) in [5.41, 5.74) is 4.75. The van der Waals surface area contributed by atoms with E-state index in [-0.39, 0.29) is 18.0 Å². The topological polar surface area (TPSA) is 26.8 Å². The second kappa shape index (κ2) is 9.32. The molecule has 160 valence electrons. The summed E-state index contributed by atoms with van der Waals surface area (Å²) in [6.45, 7) is 12.6. The van der Waals surface area contributed by atoms with Crippen LogP contribution in [0, 0.1) is 6.92 Å². The largest absolute Gasteiger partial charge is 0.331 e. The lowest BCUT2D eigenvalue weighted by atomic mass is 10.0. The van der Waals surface area contributed by atoms with Crippen LogP contribution in [0.3, 0.4) is 0 Å². The summed E-state index contributed by atoms with van der Waals surface area (Å²) in [6, 6.07) is 17.5. The maximum absolute atomic E-state index is 13.3. The van der Waals surface area contributed by atoms with Crippen molar-refractivity contribution in [2.24, 2.45) is 0 Å². The molecule has 2 fully saturated rings. The van der Waals surface area contributed by atoms with Crippen LogP contribution in [-0.4, -0.2) is 58.9 Å². The van der Waals surface area contributed by atoms with Gasteiger partial charge in [0.15, 0.2) is 0 Å². The third-order valence-electron chi connectivity index (χ3n) is 6.56. The molecule has 0 saturated carbocycles. The summed E-state index contributed by atoms with van der Waals surface area (Å²) >= 11 is 0. The molecule has 0 N–H and O–H groups in total. The van der Waals surface area contributed by atoms with Gasteiger partial charge in [-0.2, -0.15) is 0 Å². The van der Waals surface area contributed by atoms with Gasteiger partial charge in [0.2, 0.25) is 0 Å². The number of likely N-dealkylation sites (tertiary alicyclic amines) is 1. The minimum atomic E-state index is 0.165. The zero-order valence-corrected chi connectivity index (χ0v) is 18.7. The maximum atomic E-state index is 13.3. The highest BCUT2D eigenvalue weighted by atomic mass is 16.2. The fourth-order valence-electron chi connectivity index (χ4n) is 5.01. The molecule has 0 radical (unpaired) electrons. The molecular formula is C26H35N3O. The molecule has 1 amide bonds. The van der Waals surface area contributed by atoms with Crippen molar-refractivity contribution in [1.82, 2.24) is 14.7 Å². The molecule has 2 saturated heterocycles. The number of nitrogens with zero attached hydrogens (tertiary/aromatic N) is 3. The maximum Gasteiger partial charge on any atom is 0.254 e. The molecule has 2 aromatic rings. The first-order valence-electron chi connectivity index (χ1n) is 11.4. The highest BCUT2D eigenvalue weighted by Crippen LogP contribution is 2.22. The Morgan fingerprint density at radius 1 is 0.800 bits per heavy atom. The second-order valence-electron chi connectivity index (χ2n) is 9.27. The molecule has 4 rings (SSSR count). The molecule has 2 aliphatic heterocycles. The van der Waals surface area contributed by atoms with Crippen molar-refractivity contribution >= 4 is 5.91 Å². The number of benzene rings is 2.